The topological polar surface area (TPSA) is 6.48 Å². The molecule has 0 aliphatic heterocycles. The van der Waals surface area contributed by atoms with Gasteiger partial charge in [-0.1, -0.05) is 170 Å². The van der Waals surface area contributed by atoms with E-state index in [9.17, 15) is 0 Å². The molecule has 1 aromatic heterocycles. The van der Waals surface area contributed by atoms with Crippen LogP contribution in [0.2, 0.25) is 0 Å². The summed E-state index contributed by atoms with van der Waals surface area (Å²) in [5.74, 6) is 0. The summed E-state index contributed by atoms with van der Waals surface area (Å²) < 4.78 is 2.51. The highest BCUT2D eigenvalue weighted by molar-refractivity contribution is 7.26. The van der Waals surface area contributed by atoms with Crippen molar-refractivity contribution in [1.29, 1.82) is 0 Å². The molecule has 12 aromatic rings. The van der Waals surface area contributed by atoms with Crippen molar-refractivity contribution in [1.82, 2.24) is 0 Å². The van der Waals surface area contributed by atoms with Crippen LogP contribution in [0.5, 0.6) is 0 Å². The van der Waals surface area contributed by atoms with E-state index >= 15 is 0 Å². The maximum atomic E-state index is 2.47. The van der Waals surface area contributed by atoms with E-state index in [1.54, 1.807) is 0 Å². The molecule has 0 saturated carbocycles. The highest BCUT2D eigenvalue weighted by Gasteiger charge is 2.24. The van der Waals surface area contributed by atoms with Crippen molar-refractivity contribution < 1.29 is 0 Å². The molecule has 0 unspecified atom stereocenters. The number of hydrogen-bond acceptors (Lipinski definition) is 3. The van der Waals surface area contributed by atoms with Crippen molar-refractivity contribution >= 4 is 98.0 Å². The van der Waals surface area contributed by atoms with Gasteiger partial charge in [-0.2, -0.15) is 0 Å². The first kappa shape index (κ1) is 36.8. The number of thiophene rings is 1. The molecule has 0 saturated heterocycles. The van der Waals surface area contributed by atoms with E-state index in [0.29, 0.717) is 0 Å². The third-order valence-corrected chi connectivity index (χ3v) is 13.5. The minimum Gasteiger partial charge on any atom is -0.310 e. The van der Waals surface area contributed by atoms with Gasteiger partial charge in [0.05, 0.1) is 10.4 Å². The molecule has 3 heteroatoms. The minimum absolute atomic E-state index is 1.09. The first-order chi connectivity index (χ1) is 31.2. The molecule has 63 heavy (non-hydrogen) atoms. The second kappa shape index (κ2) is 15.5. The highest BCUT2D eigenvalue weighted by atomic mass is 32.1. The average Bonchev–Trinajstić information content (AvgIpc) is 3.74. The van der Waals surface area contributed by atoms with Crippen molar-refractivity contribution in [3.8, 4) is 22.3 Å². The molecule has 1 heterocycles. The van der Waals surface area contributed by atoms with Gasteiger partial charge in [-0.25, -0.2) is 0 Å². The van der Waals surface area contributed by atoms with Gasteiger partial charge >= 0.3 is 0 Å². The third kappa shape index (κ3) is 6.67. The van der Waals surface area contributed by atoms with E-state index in [-0.39, 0.29) is 0 Å². The number of rotatable bonds is 8. The van der Waals surface area contributed by atoms with Crippen LogP contribution >= 0.6 is 11.3 Å². The lowest BCUT2D eigenvalue weighted by Gasteiger charge is -2.30. The summed E-state index contributed by atoms with van der Waals surface area (Å²) in [4.78, 5) is 4.90. The zero-order chi connectivity index (χ0) is 41.7. The summed E-state index contributed by atoms with van der Waals surface area (Å²) >= 11 is 1.88. The third-order valence-electron chi connectivity index (χ3n) is 12.4. The summed E-state index contributed by atoms with van der Waals surface area (Å²) in [6.45, 7) is 0. The van der Waals surface area contributed by atoms with E-state index < -0.39 is 0 Å². The lowest BCUT2D eigenvalue weighted by molar-refractivity contribution is 1.27. The molecule has 11 aromatic carbocycles. The monoisotopic (exact) mass is 820 g/mol. The van der Waals surface area contributed by atoms with Gasteiger partial charge in [0.2, 0.25) is 0 Å². The molecule has 0 amide bonds. The first-order valence-electron chi connectivity index (χ1n) is 21.5. The molecular formula is C60H40N2S. The quantitative estimate of drug-likeness (QED) is 0.151. The summed E-state index contributed by atoms with van der Waals surface area (Å²) in [6.07, 6.45) is 0. The number of hydrogen-bond donors (Lipinski definition) is 0. The van der Waals surface area contributed by atoms with Crippen LogP contribution < -0.4 is 9.80 Å². The Morgan fingerprint density at radius 2 is 0.762 bits per heavy atom. The Hall–Kier alpha value is -7.98. The summed E-state index contributed by atoms with van der Waals surface area (Å²) in [5, 5.41) is 9.85. The fourth-order valence-corrected chi connectivity index (χ4v) is 10.5. The maximum absolute atomic E-state index is 2.47. The Balaban J connectivity index is 1.13. The Bertz CT molecular complexity index is 3620. The molecule has 12 rings (SSSR count). The van der Waals surface area contributed by atoms with Crippen molar-refractivity contribution in [2.75, 3.05) is 9.80 Å². The van der Waals surface area contributed by atoms with Crippen LogP contribution in [0.3, 0.4) is 0 Å². The smallest absolute Gasteiger partial charge is 0.0661 e. The van der Waals surface area contributed by atoms with E-state index in [1.165, 1.54) is 74.7 Å². The minimum atomic E-state index is 1.09. The summed E-state index contributed by atoms with van der Waals surface area (Å²) in [7, 11) is 0. The van der Waals surface area contributed by atoms with Crippen LogP contribution in [0.25, 0.3) is 74.7 Å². The molecule has 0 spiro atoms. The standard InChI is InChI=1S/C60H40N2S/c1-4-14-41(15-5-1)44-26-31-51(32-27-44)62(53-33-28-43-18-10-11-20-46(43)37-53)57-40-54(39-56-59-55-23-13-12-19-45(55)30-35-58(59)63-60(56)57)61(50-21-8-3-9-22-50)52-34-29-48-36-47(24-25-49(48)38-52)42-16-6-2-7-17-42/h1-40H. The van der Waals surface area contributed by atoms with Crippen LogP contribution in [0, 0.1) is 0 Å². The van der Waals surface area contributed by atoms with Gasteiger partial charge in [0.1, 0.15) is 0 Å². The predicted molar refractivity (Wildman–Crippen MR) is 272 cm³/mol. The predicted octanol–water partition coefficient (Wildman–Crippen LogP) is 17.8. The molecule has 0 radical (unpaired) electrons. The van der Waals surface area contributed by atoms with E-state index in [0.717, 1.165) is 34.1 Å². The van der Waals surface area contributed by atoms with Crippen LogP contribution in [-0.2, 0) is 0 Å². The van der Waals surface area contributed by atoms with Crippen molar-refractivity contribution in [3.63, 3.8) is 0 Å². The zero-order valence-corrected chi connectivity index (χ0v) is 35.2. The van der Waals surface area contributed by atoms with Gasteiger partial charge in [-0.05, 0) is 127 Å². The number of fused-ring (bicyclic) bond motifs is 7. The summed E-state index contributed by atoms with van der Waals surface area (Å²) in [5.41, 5.74) is 11.4. The Morgan fingerprint density at radius 3 is 1.51 bits per heavy atom. The largest absolute Gasteiger partial charge is 0.310 e. The lowest BCUT2D eigenvalue weighted by atomic mass is 10.00. The fraction of sp³-hybridized carbons (Fsp3) is 0. The number of benzene rings is 11. The first-order valence-corrected chi connectivity index (χ1v) is 22.3. The molecule has 0 bridgehead atoms. The molecule has 2 nitrogen and oxygen atoms in total. The van der Waals surface area contributed by atoms with Crippen molar-refractivity contribution in [2.24, 2.45) is 0 Å². The summed E-state index contributed by atoms with van der Waals surface area (Å²) in [6, 6.07) is 88.6. The van der Waals surface area contributed by atoms with E-state index in [2.05, 4.69) is 252 Å². The van der Waals surface area contributed by atoms with Crippen LogP contribution in [0.15, 0.2) is 243 Å². The molecule has 0 aliphatic rings. The van der Waals surface area contributed by atoms with E-state index in [4.69, 9.17) is 0 Å². The highest BCUT2D eigenvalue weighted by Crippen LogP contribution is 2.51. The molecular weight excluding hydrogens is 781 g/mol. The number of para-hydroxylation sites is 1. The van der Waals surface area contributed by atoms with Crippen molar-refractivity contribution in [3.05, 3.63) is 243 Å². The van der Waals surface area contributed by atoms with E-state index in [1.807, 2.05) is 11.3 Å². The Morgan fingerprint density at radius 1 is 0.270 bits per heavy atom. The molecule has 0 aliphatic carbocycles. The fourth-order valence-electron chi connectivity index (χ4n) is 9.29. The molecule has 0 N–H and O–H groups in total. The van der Waals surface area contributed by atoms with Crippen LogP contribution in [0.1, 0.15) is 0 Å². The van der Waals surface area contributed by atoms with Crippen LogP contribution in [-0.4, -0.2) is 0 Å². The second-order valence-corrected chi connectivity index (χ2v) is 17.2. The molecule has 0 fully saturated rings. The number of anilines is 6. The zero-order valence-electron chi connectivity index (χ0n) is 34.4. The van der Waals surface area contributed by atoms with Gasteiger partial charge in [-0.3, -0.25) is 0 Å². The Kier molecular flexibility index (Phi) is 9.06. The van der Waals surface area contributed by atoms with Gasteiger partial charge < -0.3 is 9.80 Å². The molecule has 296 valence electrons. The van der Waals surface area contributed by atoms with Gasteiger partial charge in [-0.15, -0.1) is 11.3 Å². The maximum Gasteiger partial charge on any atom is 0.0661 e. The lowest BCUT2D eigenvalue weighted by Crippen LogP contribution is -2.13. The Labute approximate surface area is 370 Å². The van der Waals surface area contributed by atoms with Gasteiger partial charge in [0.15, 0.2) is 0 Å². The molecule has 0 atom stereocenters. The van der Waals surface area contributed by atoms with Gasteiger partial charge in [0, 0.05) is 43.9 Å². The van der Waals surface area contributed by atoms with Gasteiger partial charge in [0.25, 0.3) is 0 Å². The normalized spacial score (nSPS) is 11.5. The van der Waals surface area contributed by atoms with Crippen LogP contribution in [0.4, 0.5) is 34.1 Å². The van der Waals surface area contributed by atoms with Crippen molar-refractivity contribution in [2.45, 2.75) is 0 Å². The second-order valence-electron chi connectivity index (χ2n) is 16.2. The number of nitrogens with zero attached hydrogens (tertiary/aromatic N) is 2. The SMILES string of the molecule is c1ccc(-c2ccc(N(c3ccc4ccccc4c3)c3cc(N(c4ccccc4)c4ccc5cc(-c6ccccc6)ccc5c4)cc4c3sc3ccc5ccccc5c34)cc2)cc1. The average molecular weight is 821 g/mol.